The van der Waals surface area contributed by atoms with E-state index >= 15 is 0 Å². The molecule has 1 aliphatic carbocycles. The number of fused-ring (bicyclic) bond motifs is 1. The average molecular weight is 309 g/mol. The first-order chi connectivity index (χ1) is 10.4. The molecule has 1 aromatic heterocycles. The number of aryl methyl sites for hydroxylation is 1. The Kier molecular flexibility index (Phi) is 3.64. The van der Waals surface area contributed by atoms with E-state index in [-0.39, 0.29) is 18.5 Å². The molecule has 1 atom stereocenters. The molecule has 0 saturated heterocycles. The smallest absolute Gasteiger partial charge is 0.348 e. The number of nitrogens with one attached hydrogen (secondary N) is 1. The maximum Gasteiger partial charge on any atom is 0.435 e. The van der Waals surface area contributed by atoms with Crippen molar-refractivity contribution >= 4 is 5.91 Å². The fraction of sp³-hybridized carbons (Fsp3) is 0.333. The zero-order valence-corrected chi connectivity index (χ0v) is 11.6. The topological polar surface area (TPSA) is 46.9 Å². The Morgan fingerprint density at radius 3 is 2.82 bits per heavy atom. The first-order valence-corrected chi connectivity index (χ1v) is 6.91. The van der Waals surface area contributed by atoms with Crippen LogP contribution in [0.1, 0.15) is 29.3 Å². The van der Waals surface area contributed by atoms with Gasteiger partial charge in [-0.25, -0.2) is 0 Å². The van der Waals surface area contributed by atoms with Crippen molar-refractivity contribution in [3.8, 4) is 0 Å². The molecule has 4 nitrogen and oxygen atoms in total. The summed E-state index contributed by atoms with van der Waals surface area (Å²) in [6.45, 7) is -0.227. The van der Waals surface area contributed by atoms with Crippen LogP contribution in [0.2, 0.25) is 0 Å². The normalized spacial score (nSPS) is 17.3. The van der Waals surface area contributed by atoms with Crippen molar-refractivity contribution in [1.29, 1.82) is 0 Å². The molecular formula is C15H14F3N3O. The fourth-order valence-corrected chi connectivity index (χ4v) is 2.70. The van der Waals surface area contributed by atoms with E-state index in [0.29, 0.717) is 0 Å². The molecule has 2 aromatic rings. The van der Waals surface area contributed by atoms with Crippen LogP contribution in [0.25, 0.3) is 0 Å². The zero-order valence-electron chi connectivity index (χ0n) is 11.6. The number of rotatable bonds is 3. The summed E-state index contributed by atoms with van der Waals surface area (Å²) in [5, 5.41) is 6.22. The molecule has 0 saturated carbocycles. The lowest BCUT2D eigenvalue weighted by Gasteiger charge is -2.14. The third kappa shape index (κ3) is 2.98. The molecule has 1 unspecified atom stereocenters. The van der Waals surface area contributed by atoms with Crippen LogP contribution in [0.15, 0.2) is 36.5 Å². The number of carbonyl (C=O) groups excluding carboxylic acids is 1. The second-order valence-electron chi connectivity index (χ2n) is 5.25. The van der Waals surface area contributed by atoms with Gasteiger partial charge in [-0.15, -0.1) is 0 Å². The van der Waals surface area contributed by atoms with E-state index in [0.717, 1.165) is 35.4 Å². The zero-order chi connectivity index (χ0) is 15.7. The van der Waals surface area contributed by atoms with E-state index in [1.807, 2.05) is 24.3 Å². The second-order valence-corrected chi connectivity index (χ2v) is 5.25. The van der Waals surface area contributed by atoms with Crippen molar-refractivity contribution in [2.24, 2.45) is 0 Å². The molecule has 0 fully saturated rings. The molecule has 116 valence electrons. The first kappa shape index (κ1) is 14.6. The van der Waals surface area contributed by atoms with Crippen molar-refractivity contribution in [2.45, 2.75) is 31.6 Å². The van der Waals surface area contributed by atoms with Gasteiger partial charge in [-0.05, 0) is 30.0 Å². The molecular weight excluding hydrogens is 295 g/mol. The maximum absolute atomic E-state index is 12.5. The molecule has 0 spiro atoms. The second kappa shape index (κ2) is 5.47. The number of alkyl halides is 3. The summed E-state index contributed by atoms with van der Waals surface area (Å²) in [5.74, 6) is -0.349. The Morgan fingerprint density at radius 2 is 2.09 bits per heavy atom. The Hall–Kier alpha value is -2.31. The SMILES string of the molecule is O=C(Cn1ccc(C(F)(F)F)n1)NC1CCc2ccccc21. The Bertz CT molecular complexity index is 693. The molecule has 1 N–H and O–H groups in total. The summed E-state index contributed by atoms with van der Waals surface area (Å²) in [7, 11) is 0. The van der Waals surface area contributed by atoms with E-state index in [2.05, 4.69) is 10.4 Å². The largest absolute Gasteiger partial charge is 0.435 e. The van der Waals surface area contributed by atoms with Gasteiger partial charge in [0.2, 0.25) is 5.91 Å². The minimum Gasteiger partial charge on any atom is -0.348 e. The van der Waals surface area contributed by atoms with Crippen molar-refractivity contribution in [3.05, 3.63) is 53.3 Å². The third-order valence-corrected chi connectivity index (χ3v) is 3.70. The van der Waals surface area contributed by atoms with Gasteiger partial charge >= 0.3 is 6.18 Å². The van der Waals surface area contributed by atoms with Gasteiger partial charge in [-0.1, -0.05) is 24.3 Å². The molecule has 0 bridgehead atoms. The number of aromatic nitrogens is 2. The molecule has 1 aliphatic rings. The average Bonchev–Trinajstić information content (AvgIpc) is 3.06. The predicted octanol–water partition coefficient (Wildman–Crippen LogP) is 2.71. The van der Waals surface area contributed by atoms with Crippen molar-refractivity contribution < 1.29 is 18.0 Å². The molecule has 0 radical (unpaired) electrons. The Labute approximate surface area is 124 Å². The van der Waals surface area contributed by atoms with Gasteiger partial charge in [0, 0.05) is 6.20 Å². The van der Waals surface area contributed by atoms with E-state index in [4.69, 9.17) is 0 Å². The number of nitrogens with zero attached hydrogens (tertiary/aromatic N) is 2. The lowest BCUT2D eigenvalue weighted by molar-refractivity contribution is -0.141. The molecule has 0 aliphatic heterocycles. The minimum atomic E-state index is -4.49. The van der Waals surface area contributed by atoms with Gasteiger partial charge in [0.25, 0.3) is 0 Å². The number of amides is 1. The van der Waals surface area contributed by atoms with Gasteiger partial charge in [0.05, 0.1) is 6.04 Å². The number of halogens is 3. The highest BCUT2D eigenvalue weighted by atomic mass is 19.4. The molecule has 22 heavy (non-hydrogen) atoms. The van der Waals surface area contributed by atoms with Gasteiger partial charge in [0.15, 0.2) is 5.69 Å². The van der Waals surface area contributed by atoms with Crippen LogP contribution >= 0.6 is 0 Å². The van der Waals surface area contributed by atoms with Crippen LogP contribution in [0.4, 0.5) is 13.2 Å². The van der Waals surface area contributed by atoms with Crippen LogP contribution in [-0.4, -0.2) is 15.7 Å². The van der Waals surface area contributed by atoms with Gasteiger partial charge in [0.1, 0.15) is 6.54 Å². The van der Waals surface area contributed by atoms with E-state index < -0.39 is 11.9 Å². The van der Waals surface area contributed by atoms with E-state index in [1.54, 1.807) is 0 Å². The maximum atomic E-state index is 12.5. The van der Waals surface area contributed by atoms with Gasteiger partial charge < -0.3 is 5.32 Å². The quantitative estimate of drug-likeness (QED) is 0.947. The monoisotopic (exact) mass is 309 g/mol. The number of hydrogen-bond acceptors (Lipinski definition) is 2. The van der Waals surface area contributed by atoms with Crippen LogP contribution in [0.3, 0.4) is 0 Å². The summed E-state index contributed by atoms with van der Waals surface area (Å²) in [6.07, 6.45) is -1.64. The van der Waals surface area contributed by atoms with Crippen LogP contribution < -0.4 is 5.32 Å². The van der Waals surface area contributed by atoms with Crippen LogP contribution in [-0.2, 0) is 23.9 Å². The molecule has 1 heterocycles. The van der Waals surface area contributed by atoms with Crippen molar-refractivity contribution in [2.75, 3.05) is 0 Å². The summed E-state index contributed by atoms with van der Waals surface area (Å²) in [6, 6.07) is 8.62. The minimum absolute atomic E-state index is 0.0821. The fourth-order valence-electron chi connectivity index (χ4n) is 2.70. The summed E-state index contributed by atoms with van der Waals surface area (Å²) in [4.78, 5) is 12.0. The van der Waals surface area contributed by atoms with Crippen molar-refractivity contribution in [1.82, 2.24) is 15.1 Å². The molecule has 1 amide bonds. The first-order valence-electron chi connectivity index (χ1n) is 6.91. The highest BCUT2D eigenvalue weighted by molar-refractivity contribution is 5.76. The molecule has 3 rings (SSSR count). The highest BCUT2D eigenvalue weighted by Gasteiger charge is 2.33. The molecule has 1 aromatic carbocycles. The number of benzene rings is 1. The summed E-state index contributed by atoms with van der Waals surface area (Å²) < 4.78 is 38.4. The number of carbonyl (C=O) groups is 1. The summed E-state index contributed by atoms with van der Waals surface area (Å²) >= 11 is 0. The lowest BCUT2D eigenvalue weighted by Crippen LogP contribution is -2.30. The summed E-state index contributed by atoms with van der Waals surface area (Å²) in [5.41, 5.74) is 1.28. The van der Waals surface area contributed by atoms with Gasteiger partial charge in [-0.2, -0.15) is 18.3 Å². The standard InChI is InChI=1S/C15H14F3N3O/c16-15(17,18)13-7-8-21(20-13)9-14(22)19-12-6-5-10-3-1-2-4-11(10)12/h1-4,7-8,12H,5-6,9H2,(H,19,22). The van der Waals surface area contributed by atoms with E-state index in [1.165, 1.54) is 5.56 Å². The van der Waals surface area contributed by atoms with Crippen molar-refractivity contribution in [3.63, 3.8) is 0 Å². The highest BCUT2D eigenvalue weighted by Crippen LogP contribution is 2.30. The Balaban J connectivity index is 1.63. The van der Waals surface area contributed by atoms with Crippen LogP contribution in [0.5, 0.6) is 0 Å². The number of hydrogen-bond donors (Lipinski definition) is 1. The lowest BCUT2D eigenvalue weighted by atomic mass is 10.1. The van der Waals surface area contributed by atoms with Gasteiger partial charge in [-0.3, -0.25) is 9.48 Å². The molecule has 7 heteroatoms. The Morgan fingerprint density at radius 1 is 1.32 bits per heavy atom. The van der Waals surface area contributed by atoms with Crippen LogP contribution in [0, 0.1) is 0 Å². The van der Waals surface area contributed by atoms with E-state index in [9.17, 15) is 18.0 Å². The predicted molar refractivity (Wildman–Crippen MR) is 72.9 cm³/mol. The third-order valence-electron chi connectivity index (χ3n) is 3.70.